The van der Waals surface area contributed by atoms with E-state index in [1.165, 1.54) is 0 Å². The van der Waals surface area contributed by atoms with Crippen LogP contribution >= 0.6 is 0 Å². The molecule has 0 aliphatic heterocycles. The third-order valence-corrected chi connectivity index (χ3v) is 4.69. The number of nitrogens with zero attached hydrogens (tertiary/aromatic N) is 2. The lowest BCUT2D eigenvalue weighted by atomic mass is 10.2. The van der Waals surface area contributed by atoms with Gasteiger partial charge in [-0.05, 0) is 24.6 Å². The molecule has 0 aliphatic carbocycles. The first-order chi connectivity index (χ1) is 10.1. The number of aromatic nitrogens is 2. The summed E-state index contributed by atoms with van der Waals surface area (Å²) in [5.41, 5.74) is 1.86. The van der Waals surface area contributed by atoms with Crippen molar-refractivity contribution >= 4 is 27.8 Å². The lowest BCUT2D eigenvalue weighted by molar-refractivity contribution is 0.0697. The molecule has 1 N–H and O–H groups in total. The Morgan fingerprint density at radius 3 is 2.76 bits per heavy atom. The molecule has 0 radical (unpaired) electrons. The molecular formula is C15H20N2O3S. The number of benzene rings is 1. The van der Waals surface area contributed by atoms with E-state index >= 15 is 0 Å². The topological polar surface area (TPSA) is 72.2 Å². The Hall–Kier alpha value is -1.69. The Balaban J connectivity index is 2.45. The molecule has 21 heavy (non-hydrogen) atoms. The minimum atomic E-state index is -0.946. The van der Waals surface area contributed by atoms with E-state index in [1.807, 2.05) is 11.5 Å². The summed E-state index contributed by atoms with van der Waals surface area (Å²) in [6.45, 7) is 4.59. The van der Waals surface area contributed by atoms with E-state index in [0.29, 0.717) is 18.1 Å². The summed E-state index contributed by atoms with van der Waals surface area (Å²) in [6.07, 6.45) is 1.79. The summed E-state index contributed by atoms with van der Waals surface area (Å²) in [4.78, 5) is 15.7. The maximum absolute atomic E-state index is 11.7. The lowest BCUT2D eigenvalue weighted by Gasteiger charge is -2.08. The predicted molar refractivity (Wildman–Crippen MR) is 84.2 cm³/mol. The second-order valence-corrected chi connectivity index (χ2v) is 6.74. The van der Waals surface area contributed by atoms with Crippen LogP contribution in [0.4, 0.5) is 0 Å². The molecule has 2 aromatic rings. The van der Waals surface area contributed by atoms with E-state index in [4.69, 9.17) is 5.11 Å². The molecule has 1 aromatic heterocycles. The minimum absolute atomic E-state index is 0.253. The fourth-order valence-electron chi connectivity index (χ4n) is 2.31. The molecular weight excluding hydrogens is 288 g/mol. The van der Waals surface area contributed by atoms with Crippen LogP contribution in [0.3, 0.4) is 0 Å². The van der Waals surface area contributed by atoms with Gasteiger partial charge in [0.25, 0.3) is 0 Å². The first kappa shape index (κ1) is 15.7. The average molecular weight is 308 g/mol. The van der Waals surface area contributed by atoms with Crippen LogP contribution in [0.25, 0.3) is 11.0 Å². The fraction of sp³-hybridized carbons (Fsp3) is 0.467. The molecule has 1 unspecified atom stereocenters. The van der Waals surface area contributed by atoms with Gasteiger partial charge < -0.3 is 9.67 Å². The first-order valence-electron chi connectivity index (χ1n) is 7.14. The normalized spacial score (nSPS) is 12.7. The molecule has 1 heterocycles. The molecule has 114 valence electrons. The summed E-state index contributed by atoms with van der Waals surface area (Å²) in [6, 6.07) is 4.96. The molecule has 0 saturated heterocycles. The van der Waals surface area contributed by atoms with Crippen LogP contribution in [0.15, 0.2) is 18.2 Å². The Bertz CT molecular complexity index is 679. The Labute approximate surface area is 126 Å². The van der Waals surface area contributed by atoms with Gasteiger partial charge >= 0.3 is 5.97 Å². The van der Waals surface area contributed by atoms with Gasteiger partial charge in [-0.2, -0.15) is 0 Å². The van der Waals surface area contributed by atoms with Crippen LogP contribution in [0, 0.1) is 0 Å². The molecule has 0 bridgehead atoms. The Morgan fingerprint density at radius 2 is 2.14 bits per heavy atom. The molecule has 2 rings (SSSR count). The van der Waals surface area contributed by atoms with E-state index in [-0.39, 0.29) is 5.56 Å². The predicted octanol–water partition coefficient (Wildman–Crippen LogP) is 2.46. The van der Waals surface area contributed by atoms with Crippen molar-refractivity contribution in [2.24, 2.45) is 0 Å². The average Bonchev–Trinajstić information content (AvgIpc) is 2.81. The fourth-order valence-corrected chi connectivity index (χ4v) is 2.98. The molecule has 1 atom stereocenters. The van der Waals surface area contributed by atoms with Gasteiger partial charge in [0.1, 0.15) is 5.82 Å². The third-order valence-electron chi connectivity index (χ3n) is 3.41. The van der Waals surface area contributed by atoms with Gasteiger partial charge in [-0.25, -0.2) is 9.78 Å². The van der Waals surface area contributed by atoms with Crippen molar-refractivity contribution in [1.29, 1.82) is 0 Å². The number of imidazole rings is 1. The van der Waals surface area contributed by atoms with E-state index in [1.54, 1.807) is 18.2 Å². The Morgan fingerprint density at radius 1 is 1.38 bits per heavy atom. The van der Waals surface area contributed by atoms with E-state index in [0.717, 1.165) is 29.7 Å². The van der Waals surface area contributed by atoms with Crippen molar-refractivity contribution in [3.05, 3.63) is 29.6 Å². The highest BCUT2D eigenvalue weighted by molar-refractivity contribution is 7.84. The van der Waals surface area contributed by atoms with E-state index in [9.17, 15) is 9.00 Å². The van der Waals surface area contributed by atoms with Gasteiger partial charge in [-0.15, -0.1) is 0 Å². The van der Waals surface area contributed by atoms with Crippen LogP contribution in [0.1, 0.15) is 36.5 Å². The van der Waals surface area contributed by atoms with Crippen LogP contribution in [-0.4, -0.2) is 36.3 Å². The van der Waals surface area contributed by atoms with Crippen molar-refractivity contribution in [3.8, 4) is 0 Å². The summed E-state index contributed by atoms with van der Waals surface area (Å²) < 4.78 is 13.7. The second-order valence-electron chi connectivity index (χ2n) is 4.87. The summed E-state index contributed by atoms with van der Waals surface area (Å²) in [7, 11) is -0.846. The highest BCUT2D eigenvalue weighted by Crippen LogP contribution is 2.19. The van der Waals surface area contributed by atoms with Crippen molar-refractivity contribution in [3.63, 3.8) is 0 Å². The van der Waals surface area contributed by atoms with Crippen LogP contribution in [-0.2, 0) is 23.8 Å². The van der Waals surface area contributed by atoms with Gasteiger partial charge in [-0.3, -0.25) is 4.21 Å². The van der Waals surface area contributed by atoms with Crippen LogP contribution < -0.4 is 0 Å². The third kappa shape index (κ3) is 3.50. The van der Waals surface area contributed by atoms with Gasteiger partial charge in [0.2, 0.25) is 0 Å². The van der Waals surface area contributed by atoms with Crippen LogP contribution in [0.5, 0.6) is 0 Å². The van der Waals surface area contributed by atoms with Crippen molar-refractivity contribution < 1.29 is 14.1 Å². The number of hydrogen-bond donors (Lipinski definition) is 1. The van der Waals surface area contributed by atoms with Crippen molar-refractivity contribution in [2.75, 3.05) is 11.5 Å². The first-order valence-corrected chi connectivity index (χ1v) is 8.63. The van der Waals surface area contributed by atoms with Gasteiger partial charge in [0, 0.05) is 35.3 Å². The Kier molecular flexibility index (Phi) is 5.12. The lowest BCUT2D eigenvalue weighted by Crippen LogP contribution is -2.12. The molecule has 0 saturated carbocycles. The van der Waals surface area contributed by atoms with E-state index < -0.39 is 16.8 Å². The summed E-state index contributed by atoms with van der Waals surface area (Å²) >= 11 is 0. The zero-order chi connectivity index (χ0) is 15.4. The molecule has 5 nitrogen and oxygen atoms in total. The number of carboxylic acids is 1. The van der Waals surface area contributed by atoms with Gasteiger partial charge in [-0.1, -0.05) is 13.8 Å². The largest absolute Gasteiger partial charge is 0.478 e. The summed E-state index contributed by atoms with van der Waals surface area (Å²) in [5.74, 6) is 1.19. The maximum Gasteiger partial charge on any atom is 0.335 e. The molecule has 0 amide bonds. The minimum Gasteiger partial charge on any atom is -0.478 e. The number of aromatic carboxylic acids is 1. The number of hydrogen-bond acceptors (Lipinski definition) is 3. The number of aryl methyl sites for hydroxylation is 2. The highest BCUT2D eigenvalue weighted by Gasteiger charge is 2.13. The summed E-state index contributed by atoms with van der Waals surface area (Å²) in [5, 5.41) is 9.12. The number of fused-ring (bicyclic) bond motifs is 1. The quantitative estimate of drug-likeness (QED) is 0.853. The number of carbonyl (C=O) groups is 1. The molecule has 0 fully saturated rings. The highest BCUT2D eigenvalue weighted by atomic mass is 32.2. The SMILES string of the molecule is CCCc1nc2ccc(C(=O)O)cc2n1CCS(=O)CC. The zero-order valence-electron chi connectivity index (χ0n) is 12.3. The zero-order valence-corrected chi connectivity index (χ0v) is 13.2. The van der Waals surface area contributed by atoms with Crippen LogP contribution in [0.2, 0.25) is 0 Å². The molecule has 0 spiro atoms. The molecule has 6 heteroatoms. The standard InChI is InChI=1S/C15H20N2O3S/c1-3-5-14-16-12-7-6-11(15(18)19)10-13(12)17(14)8-9-21(20)4-2/h6-7,10H,3-5,8-9H2,1-2H3,(H,18,19). The second kappa shape index (κ2) is 6.85. The van der Waals surface area contributed by atoms with E-state index in [2.05, 4.69) is 11.9 Å². The maximum atomic E-state index is 11.7. The molecule has 0 aliphatic rings. The van der Waals surface area contributed by atoms with Gasteiger partial charge in [0.05, 0.1) is 16.6 Å². The monoisotopic (exact) mass is 308 g/mol. The van der Waals surface area contributed by atoms with Crippen molar-refractivity contribution in [1.82, 2.24) is 9.55 Å². The smallest absolute Gasteiger partial charge is 0.335 e. The van der Waals surface area contributed by atoms with Crippen molar-refractivity contribution in [2.45, 2.75) is 33.2 Å². The van der Waals surface area contributed by atoms with Gasteiger partial charge in [0.15, 0.2) is 0 Å². The number of carboxylic acid groups (broad SMARTS) is 1. The molecule has 1 aromatic carbocycles. The number of rotatable bonds is 7.